The van der Waals surface area contributed by atoms with Gasteiger partial charge in [-0.05, 0) is 25.0 Å². The van der Waals surface area contributed by atoms with E-state index in [0.717, 1.165) is 12.8 Å². The molecule has 2 nitrogen and oxygen atoms in total. The summed E-state index contributed by atoms with van der Waals surface area (Å²) in [6.07, 6.45) is 1.71. The SMILES string of the molecule is Fc1nc(Cl)ccc1C1CCCO1. The molecule has 1 aliphatic rings. The van der Waals surface area contributed by atoms with Crippen LogP contribution in [0.5, 0.6) is 0 Å². The maximum absolute atomic E-state index is 13.2. The molecule has 0 amide bonds. The lowest BCUT2D eigenvalue weighted by molar-refractivity contribution is 0.108. The van der Waals surface area contributed by atoms with E-state index in [1.165, 1.54) is 0 Å². The highest BCUT2D eigenvalue weighted by atomic mass is 35.5. The first-order valence-corrected chi connectivity index (χ1v) is 4.59. The van der Waals surface area contributed by atoms with Crippen LogP contribution in [0.25, 0.3) is 0 Å². The second-order valence-electron chi connectivity index (χ2n) is 3.02. The van der Waals surface area contributed by atoms with E-state index >= 15 is 0 Å². The molecule has 4 heteroatoms. The van der Waals surface area contributed by atoms with E-state index in [4.69, 9.17) is 16.3 Å². The molecule has 1 aromatic heterocycles. The van der Waals surface area contributed by atoms with Crippen molar-refractivity contribution < 1.29 is 9.13 Å². The fraction of sp³-hybridized carbons (Fsp3) is 0.444. The summed E-state index contributed by atoms with van der Waals surface area (Å²) >= 11 is 5.53. The Labute approximate surface area is 80.7 Å². The molecule has 70 valence electrons. The minimum absolute atomic E-state index is 0.134. The first kappa shape index (κ1) is 8.91. The summed E-state index contributed by atoms with van der Waals surface area (Å²) in [4.78, 5) is 3.54. The standard InChI is InChI=1S/C9H9ClFNO/c10-8-4-3-6(9(11)12-8)7-2-1-5-13-7/h3-4,7H,1-2,5H2. The van der Waals surface area contributed by atoms with Crippen LogP contribution < -0.4 is 0 Å². The van der Waals surface area contributed by atoms with Crippen molar-refractivity contribution in [1.82, 2.24) is 4.98 Å². The Morgan fingerprint density at radius 3 is 3.00 bits per heavy atom. The van der Waals surface area contributed by atoms with Crippen LogP contribution in [0.15, 0.2) is 12.1 Å². The van der Waals surface area contributed by atoms with Crippen LogP contribution in [0.4, 0.5) is 4.39 Å². The highest BCUT2D eigenvalue weighted by molar-refractivity contribution is 6.29. The second-order valence-corrected chi connectivity index (χ2v) is 3.40. The molecule has 0 bridgehead atoms. The van der Waals surface area contributed by atoms with E-state index in [1.807, 2.05) is 0 Å². The van der Waals surface area contributed by atoms with Gasteiger partial charge < -0.3 is 4.74 Å². The largest absolute Gasteiger partial charge is 0.373 e. The van der Waals surface area contributed by atoms with Gasteiger partial charge >= 0.3 is 0 Å². The number of aromatic nitrogens is 1. The zero-order valence-corrected chi connectivity index (χ0v) is 7.72. The Kier molecular flexibility index (Phi) is 2.47. The number of halogens is 2. The summed E-state index contributed by atoms with van der Waals surface area (Å²) < 4.78 is 18.6. The summed E-state index contributed by atoms with van der Waals surface area (Å²) in [7, 11) is 0. The van der Waals surface area contributed by atoms with E-state index in [9.17, 15) is 4.39 Å². The van der Waals surface area contributed by atoms with Crippen molar-refractivity contribution in [3.63, 3.8) is 0 Å². The van der Waals surface area contributed by atoms with Gasteiger partial charge in [0.15, 0.2) is 0 Å². The topological polar surface area (TPSA) is 22.1 Å². The molecule has 1 aliphatic heterocycles. The van der Waals surface area contributed by atoms with Crippen molar-refractivity contribution in [2.45, 2.75) is 18.9 Å². The fourth-order valence-corrected chi connectivity index (χ4v) is 1.62. The maximum atomic E-state index is 13.2. The molecule has 1 saturated heterocycles. The summed E-state index contributed by atoms with van der Waals surface area (Å²) in [5.41, 5.74) is 0.516. The minimum Gasteiger partial charge on any atom is -0.373 e. The van der Waals surface area contributed by atoms with Crippen molar-refractivity contribution in [2.75, 3.05) is 6.61 Å². The quantitative estimate of drug-likeness (QED) is 0.652. The average Bonchev–Trinajstić information content (AvgIpc) is 2.56. The minimum atomic E-state index is -0.514. The molecule has 0 spiro atoms. The van der Waals surface area contributed by atoms with Gasteiger partial charge in [0.25, 0.3) is 0 Å². The van der Waals surface area contributed by atoms with Gasteiger partial charge in [0.05, 0.1) is 6.10 Å². The van der Waals surface area contributed by atoms with Gasteiger partial charge in [-0.2, -0.15) is 4.39 Å². The summed E-state index contributed by atoms with van der Waals surface area (Å²) in [6, 6.07) is 3.22. The van der Waals surface area contributed by atoms with Crippen molar-refractivity contribution in [1.29, 1.82) is 0 Å². The molecule has 1 fully saturated rings. The third-order valence-electron chi connectivity index (χ3n) is 2.12. The Hall–Kier alpha value is -0.670. The molecule has 13 heavy (non-hydrogen) atoms. The Morgan fingerprint density at radius 1 is 1.54 bits per heavy atom. The molecule has 0 saturated carbocycles. The molecule has 1 unspecified atom stereocenters. The molecule has 0 aliphatic carbocycles. The van der Waals surface area contributed by atoms with Crippen molar-refractivity contribution >= 4 is 11.6 Å². The van der Waals surface area contributed by atoms with Crippen LogP contribution in [-0.4, -0.2) is 11.6 Å². The van der Waals surface area contributed by atoms with Gasteiger partial charge in [0.2, 0.25) is 5.95 Å². The number of pyridine rings is 1. The molecule has 0 radical (unpaired) electrons. The molecule has 2 rings (SSSR count). The lowest BCUT2D eigenvalue weighted by atomic mass is 10.1. The number of nitrogens with zero attached hydrogens (tertiary/aromatic N) is 1. The van der Waals surface area contributed by atoms with Crippen LogP contribution in [0.3, 0.4) is 0 Å². The average molecular weight is 202 g/mol. The maximum Gasteiger partial charge on any atom is 0.220 e. The Balaban J connectivity index is 2.29. The third kappa shape index (κ3) is 1.81. The first-order chi connectivity index (χ1) is 6.27. The monoisotopic (exact) mass is 201 g/mol. The van der Waals surface area contributed by atoms with Crippen LogP contribution in [0.2, 0.25) is 5.15 Å². The summed E-state index contributed by atoms with van der Waals surface area (Å²) in [5, 5.41) is 0.180. The van der Waals surface area contributed by atoms with Crippen LogP contribution in [0, 0.1) is 5.95 Å². The van der Waals surface area contributed by atoms with Crippen LogP contribution >= 0.6 is 11.6 Å². The van der Waals surface area contributed by atoms with E-state index in [2.05, 4.69) is 4.98 Å². The number of hydrogen-bond donors (Lipinski definition) is 0. The number of ether oxygens (including phenoxy) is 1. The third-order valence-corrected chi connectivity index (χ3v) is 2.33. The smallest absolute Gasteiger partial charge is 0.220 e. The normalized spacial score (nSPS) is 22.2. The van der Waals surface area contributed by atoms with Crippen molar-refractivity contribution in [3.8, 4) is 0 Å². The number of hydrogen-bond acceptors (Lipinski definition) is 2. The fourth-order valence-electron chi connectivity index (χ4n) is 1.49. The van der Waals surface area contributed by atoms with Crippen molar-refractivity contribution in [3.05, 3.63) is 28.8 Å². The molecule has 0 N–H and O–H groups in total. The van der Waals surface area contributed by atoms with Crippen LogP contribution in [0.1, 0.15) is 24.5 Å². The first-order valence-electron chi connectivity index (χ1n) is 4.21. The van der Waals surface area contributed by atoms with Gasteiger partial charge in [-0.25, -0.2) is 4.98 Å². The highest BCUT2D eigenvalue weighted by Crippen LogP contribution is 2.29. The summed E-state index contributed by atoms with van der Waals surface area (Å²) in [6.45, 7) is 0.701. The number of rotatable bonds is 1. The van der Waals surface area contributed by atoms with E-state index in [1.54, 1.807) is 12.1 Å². The predicted molar refractivity (Wildman–Crippen MR) is 47.1 cm³/mol. The van der Waals surface area contributed by atoms with E-state index in [-0.39, 0.29) is 11.3 Å². The zero-order valence-electron chi connectivity index (χ0n) is 6.96. The Morgan fingerprint density at radius 2 is 2.38 bits per heavy atom. The highest BCUT2D eigenvalue weighted by Gasteiger charge is 2.21. The van der Waals surface area contributed by atoms with Gasteiger partial charge in [0, 0.05) is 12.2 Å². The second kappa shape index (κ2) is 3.60. The molecule has 1 atom stereocenters. The van der Waals surface area contributed by atoms with Gasteiger partial charge in [-0.15, -0.1) is 0 Å². The molecule has 2 heterocycles. The summed E-state index contributed by atoms with van der Waals surface area (Å²) in [5.74, 6) is -0.514. The van der Waals surface area contributed by atoms with Crippen LogP contribution in [-0.2, 0) is 4.74 Å². The van der Waals surface area contributed by atoms with Gasteiger partial charge in [-0.1, -0.05) is 11.6 Å². The van der Waals surface area contributed by atoms with Gasteiger partial charge in [-0.3, -0.25) is 0 Å². The molecule has 1 aromatic rings. The van der Waals surface area contributed by atoms with Crippen molar-refractivity contribution in [2.24, 2.45) is 0 Å². The lowest BCUT2D eigenvalue weighted by Gasteiger charge is -2.09. The molecular weight excluding hydrogens is 193 g/mol. The predicted octanol–water partition coefficient (Wildman–Crippen LogP) is 2.73. The van der Waals surface area contributed by atoms with E-state index in [0.29, 0.717) is 12.2 Å². The van der Waals surface area contributed by atoms with Gasteiger partial charge in [0.1, 0.15) is 5.15 Å². The molecule has 0 aromatic carbocycles. The van der Waals surface area contributed by atoms with E-state index < -0.39 is 5.95 Å². The zero-order chi connectivity index (χ0) is 9.26. The Bertz CT molecular complexity index is 312. The molecular formula is C9H9ClFNO. The lowest BCUT2D eigenvalue weighted by Crippen LogP contribution is -2.01.